The van der Waals surface area contributed by atoms with Crippen molar-refractivity contribution in [3.05, 3.63) is 57.5 Å². The first kappa shape index (κ1) is 19.9. The molecular formula is C22H27FN4OS. The summed E-state index contributed by atoms with van der Waals surface area (Å²) in [6.45, 7) is 2.77. The molecule has 1 saturated carbocycles. The van der Waals surface area contributed by atoms with Gasteiger partial charge in [-0.15, -0.1) is 11.3 Å². The molecule has 2 aliphatic rings. The van der Waals surface area contributed by atoms with E-state index in [1.807, 2.05) is 11.0 Å². The summed E-state index contributed by atoms with van der Waals surface area (Å²) in [4.78, 5) is 20.1. The third-order valence-electron chi connectivity index (χ3n) is 5.90. The Labute approximate surface area is 175 Å². The summed E-state index contributed by atoms with van der Waals surface area (Å²) in [7, 11) is 1.72. The van der Waals surface area contributed by atoms with Crippen molar-refractivity contribution in [2.45, 2.75) is 37.6 Å². The van der Waals surface area contributed by atoms with Gasteiger partial charge in [-0.1, -0.05) is 12.1 Å². The van der Waals surface area contributed by atoms with Crippen LogP contribution in [0.2, 0.25) is 0 Å². The van der Waals surface area contributed by atoms with E-state index in [0.717, 1.165) is 37.9 Å². The third-order valence-corrected chi connectivity index (χ3v) is 6.92. The summed E-state index contributed by atoms with van der Waals surface area (Å²) in [6, 6.07) is 8.98. The van der Waals surface area contributed by atoms with E-state index in [4.69, 9.17) is 0 Å². The molecule has 0 unspecified atom stereocenters. The van der Waals surface area contributed by atoms with Crippen LogP contribution in [-0.2, 0) is 23.2 Å². The van der Waals surface area contributed by atoms with Crippen molar-refractivity contribution in [1.29, 1.82) is 0 Å². The van der Waals surface area contributed by atoms with Gasteiger partial charge in [0.25, 0.3) is 0 Å². The van der Waals surface area contributed by atoms with Crippen LogP contribution in [0.3, 0.4) is 0 Å². The van der Waals surface area contributed by atoms with Crippen LogP contribution in [0.1, 0.15) is 35.3 Å². The van der Waals surface area contributed by atoms with Gasteiger partial charge in [0, 0.05) is 49.9 Å². The summed E-state index contributed by atoms with van der Waals surface area (Å²) in [5.74, 6) is 0.657. The molecule has 0 spiro atoms. The minimum absolute atomic E-state index is 0.0123. The van der Waals surface area contributed by atoms with Gasteiger partial charge in [-0.05, 0) is 54.0 Å². The number of carbonyl (C=O) groups excluding carboxylic acids is 1. The Morgan fingerprint density at radius 3 is 2.93 bits per heavy atom. The van der Waals surface area contributed by atoms with Gasteiger partial charge in [0.1, 0.15) is 5.82 Å². The van der Waals surface area contributed by atoms with Crippen molar-refractivity contribution in [3.8, 4) is 0 Å². The molecule has 1 aromatic carbocycles. The van der Waals surface area contributed by atoms with Crippen LogP contribution >= 0.6 is 11.3 Å². The van der Waals surface area contributed by atoms with E-state index in [-0.39, 0.29) is 17.1 Å². The Kier molecular flexibility index (Phi) is 5.85. The Bertz CT molecular complexity index is 906. The maximum absolute atomic E-state index is 13.6. The first-order valence-corrected chi connectivity index (χ1v) is 11.0. The van der Waals surface area contributed by atoms with Gasteiger partial charge < -0.3 is 15.5 Å². The third kappa shape index (κ3) is 4.61. The summed E-state index contributed by atoms with van der Waals surface area (Å²) < 4.78 is 13.6. The van der Waals surface area contributed by atoms with Crippen molar-refractivity contribution < 1.29 is 9.18 Å². The SMILES string of the molecule is CN=C(NCCC(=O)N1CCc2sccc2C1)NCC1(c2cccc(F)c2)CC1. The number of aliphatic imine (C=N–C) groups is 1. The van der Waals surface area contributed by atoms with Crippen LogP contribution in [0.5, 0.6) is 0 Å². The average Bonchev–Trinajstić information content (AvgIpc) is 3.38. The number of nitrogens with zero attached hydrogens (tertiary/aromatic N) is 2. The highest BCUT2D eigenvalue weighted by atomic mass is 32.1. The van der Waals surface area contributed by atoms with E-state index in [1.54, 1.807) is 30.5 Å². The zero-order valence-electron chi connectivity index (χ0n) is 16.7. The zero-order valence-corrected chi connectivity index (χ0v) is 17.5. The second-order valence-corrected chi connectivity index (χ2v) is 8.83. The molecule has 0 saturated heterocycles. The van der Waals surface area contributed by atoms with Crippen molar-refractivity contribution in [3.63, 3.8) is 0 Å². The number of benzene rings is 1. The largest absolute Gasteiger partial charge is 0.356 e. The normalized spacial score (nSPS) is 17.6. The molecular weight excluding hydrogens is 387 g/mol. The molecule has 4 rings (SSSR count). The molecule has 29 heavy (non-hydrogen) atoms. The van der Waals surface area contributed by atoms with Crippen molar-refractivity contribution in [2.75, 3.05) is 26.7 Å². The number of guanidine groups is 1. The van der Waals surface area contributed by atoms with Crippen LogP contribution < -0.4 is 10.6 Å². The fourth-order valence-electron chi connectivity index (χ4n) is 3.92. The molecule has 154 valence electrons. The standard InChI is InChI=1S/C22H27FN4OS/c1-24-21(26-15-22(8-9-22)17-3-2-4-18(23)13-17)25-10-5-20(28)27-11-6-19-16(14-27)7-12-29-19/h2-4,7,12-13H,5-6,8-11,14-15H2,1H3,(H2,24,25,26). The fourth-order valence-corrected chi connectivity index (χ4v) is 4.81. The summed E-state index contributed by atoms with van der Waals surface area (Å²) in [6.07, 6.45) is 3.48. The Morgan fingerprint density at radius 2 is 2.17 bits per heavy atom. The van der Waals surface area contributed by atoms with Gasteiger partial charge in [0.2, 0.25) is 5.91 Å². The smallest absolute Gasteiger partial charge is 0.224 e. The lowest BCUT2D eigenvalue weighted by atomic mass is 9.96. The Morgan fingerprint density at radius 1 is 1.31 bits per heavy atom. The molecule has 1 aliphatic heterocycles. The minimum atomic E-state index is -0.193. The van der Waals surface area contributed by atoms with Crippen LogP contribution in [-0.4, -0.2) is 43.4 Å². The van der Waals surface area contributed by atoms with Crippen LogP contribution in [0.4, 0.5) is 4.39 Å². The minimum Gasteiger partial charge on any atom is -0.356 e. The van der Waals surface area contributed by atoms with Gasteiger partial charge in [-0.3, -0.25) is 9.79 Å². The summed E-state index contributed by atoms with van der Waals surface area (Å²) in [5, 5.41) is 8.69. The maximum atomic E-state index is 13.6. The molecule has 2 N–H and O–H groups in total. The molecule has 0 radical (unpaired) electrons. The van der Waals surface area contributed by atoms with Gasteiger partial charge in [-0.25, -0.2) is 4.39 Å². The number of nitrogens with one attached hydrogen (secondary N) is 2. The number of fused-ring (bicyclic) bond motifs is 1. The highest BCUT2D eigenvalue weighted by molar-refractivity contribution is 7.10. The summed E-state index contributed by atoms with van der Waals surface area (Å²) in [5.41, 5.74) is 2.31. The highest BCUT2D eigenvalue weighted by Gasteiger charge is 2.44. The Hall–Kier alpha value is -2.41. The monoisotopic (exact) mass is 414 g/mol. The molecule has 1 amide bonds. The zero-order chi connectivity index (χ0) is 20.3. The fraction of sp³-hybridized carbons (Fsp3) is 0.455. The van der Waals surface area contributed by atoms with E-state index >= 15 is 0 Å². The van der Waals surface area contributed by atoms with E-state index < -0.39 is 0 Å². The van der Waals surface area contributed by atoms with Crippen molar-refractivity contribution in [1.82, 2.24) is 15.5 Å². The Balaban J connectivity index is 1.23. The predicted molar refractivity (Wildman–Crippen MR) is 115 cm³/mol. The lowest BCUT2D eigenvalue weighted by Gasteiger charge is -2.27. The molecule has 2 heterocycles. The number of hydrogen-bond acceptors (Lipinski definition) is 3. The number of hydrogen-bond donors (Lipinski definition) is 2. The number of rotatable bonds is 6. The highest BCUT2D eigenvalue weighted by Crippen LogP contribution is 2.47. The van der Waals surface area contributed by atoms with E-state index in [1.165, 1.54) is 16.5 Å². The summed E-state index contributed by atoms with van der Waals surface area (Å²) >= 11 is 1.78. The molecule has 0 bridgehead atoms. The maximum Gasteiger partial charge on any atom is 0.224 e. The van der Waals surface area contributed by atoms with Crippen molar-refractivity contribution >= 4 is 23.2 Å². The van der Waals surface area contributed by atoms with E-state index in [0.29, 0.717) is 25.5 Å². The second-order valence-electron chi connectivity index (χ2n) is 7.83. The first-order valence-electron chi connectivity index (χ1n) is 10.1. The van der Waals surface area contributed by atoms with E-state index in [2.05, 4.69) is 27.1 Å². The lowest BCUT2D eigenvalue weighted by molar-refractivity contribution is -0.131. The molecule has 1 aliphatic carbocycles. The average molecular weight is 415 g/mol. The van der Waals surface area contributed by atoms with Gasteiger partial charge in [0.05, 0.1) is 0 Å². The molecule has 1 fully saturated rings. The second kappa shape index (κ2) is 8.53. The van der Waals surface area contributed by atoms with Gasteiger partial charge in [0.15, 0.2) is 5.96 Å². The molecule has 7 heteroatoms. The van der Waals surface area contributed by atoms with E-state index in [9.17, 15) is 9.18 Å². The van der Waals surface area contributed by atoms with Gasteiger partial charge in [-0.2, -0.15) is 0 Å². The van der Waals surface area contributed by atoms with Gasteiger partial charge >= 0.3 is 0 Å². The lowest BCUT2D eigenvalue weighted by Crippen LogP contribution is -2.43. The topological polar surface area (TPSA) is 56.7 Å². The molecule has 2 aromatic rings. The number of carbonyl (C=O) groups is 1. The number of amides is 1. The van der Waals surface area contributed by atoms with Crippen LogP contribution in [0, 0.1) is 5.82 Å². The molecule has 1 aromatic heterocycles. The number of halogens is 1. The number of thiophene rings is 1. The quantitative estimate of drug-likeness (QED) is 0.564. The predicted octanol–water partition coefficient (Wildman–Crippen LogP) is 3.06. The first-order chi connectivity index (χ1) is 14.1. The van der Waals surface area contributed by atoms with Crippen LogP contribution in [0.25, 0.3) is 0 Å². The molecule has 0 atom stereocenters. The molecule has 5 nitrogen and oxygen atoms in total. The van der Waals surface area contributed by atoms with Crippen molar-refractivity contribution in [2.24, 2.45) is 4.99 Å². The van der Waals surface area contributed by atoms with Crippen LogP contribution in [0.15, 0.2) is 40.7 Å².